The molecule has 32 heavy (non-hydrogen) atoms. The molecule has 7 nitrogen and oxygen atoms in total. The van der Waals surface area contributed by atoms with Crippen molar-refractivity contribution in [3.05, 3.63) is 102 Å². The van der Waals surface area contributed by atoms with Crippen LogP contribution in [0.15, 0.2) is 94.9 Å². The smallest absolute Gasteiger partial charge is 0.291 e. The number of ether oxygens (including phenoxy) is 1. The second-order valence-corrected chi connectivity index (χ2v) is 7.23. The largest absolute Gasteiger partial charge is 0.412 e. The minimum atomic E-state index is -1.14. The maximum Gasteiger partial charge on any atom is 0.291 e. The Morgan fingerprint density at radius 2 is 1.66 bits per heavy atom. The Morgan fingerprint density at radius 3 is 2.41 bits per heavy atom. The summed E-state index contributed by atoms with van der Waals surface area (Å²) in [6.45, 7) is 0. The zero-order valence-corrected chi connectivity index (χ0v) is 17.4. The van der Waals surface area contributed by atoms with Crippen LogP contribution in [0.1, 0.15) is 23.1 Å². The summed E-state index contributed by atoms with van der Waals surface area (Å²) in [4.78, 5) is 21.6. The van der Waals surface area contributed by atoms with E-state index in [1.807, 2.05) is 84.9 Å². The van der Waals surface area contributed by atoms with Crippen LogP contribution in [-0.4, -0.2) is 29.7 Å². The van der Waals surface area contributed by atoms with Gasteiger partial charge in [0.1, 0.15) is 0 Å². The Bertz CT molecular complexity index is 1170. The number of nitrogens with zero attached hydrogens (tertiary/aromatic N) is 2. The highest BCUT2D eigenvalue weighted by Gasteiger charge is 2.25. The summed E-state index contributed by atoms with van der Waals surface area (Å²) >= 11 is 0. The van der Waals surface area contributed by atoms with Crippen LogP contribution in [0.3, 0.4) is 0 Å². The minimum absolute atomic E-state index is 0.0281. The first-order valence-electron chi connectivity index (χ1n) is 10.3. The third-order valence-corrected chi connectivity index (χ3v) is 4.93. The molecular weight excluding hydrogens is 402 g/mol. The van der Waals surface area contributed by atoms with Crippen molar-refractivity contribution >= 4 is 29.2 Å². The first-order chi connectivity index (χ1) is 15.6. The number of nitrogens with two attached hydrogens (primary N) is 1. The molecule has 0 aromatic heterocycles. The molecule has 0 fully saturated rings. The van der Waals surface area contributed by atoms with Gasteiger partial charge in [-0.25, -0.2) is 4.99 Å². The van der Waals surface area contributed by atoms with Gasteiger partial charge in [-0.3, -0.25) is 10.2 Å². The zero-order chi connectivity index (χ0) is 22.3. The van der Waals surface area contributed by atoms with E-state index in [1.54, 1.807) is 0 Å². The molecule has 0 aliphatic carbocycles. The van der Waals surface area contributed by atoms with Crippen LogP contribution in [0.2, 0.25) is 0 Å². The lowest BCUT2D eigenvalue weighted by Gasteiger charge is -2.10. The van der Waals surface area contributed by atoms with Crippen molar-refractivity contribution in [1.82, 2.24) is 0 Å². The Hall–Kier alpha value is -4.26. The molecule has 0 radical (unpaired) electrons. The van der Waals surface area contributed by atoms with E-state index in [0.717, 1.165) is 16.7 Å². The number of hydrogen-bond acceptors (Lipinski definition) is 5. The highest BCUT2D eigenvalue weighted by Crippen LogP contribution is 2.24. The van der Waals surface area contributed by atoms with Gasteiger partial charge in [-0.15, -0.1) is 0 Å². The fourth-order valence-corrected chi connectivity index (χ4v) is 3.39. The molecule has 0 saturated carbocycles. The van der Waals surface area contributed by atoms with E-state index < -0.39 is 12.1 Å². The van der Waals surface area contributed by atoms with Crippen molar-refractivity contribution < 1.29 is 9.53 Å². The Balaban J connectivity index is 1.54. The molecule has 1 unspecified atom stereocenters. The number of hydrogen-bond donors (Lipinski definition) is 3. The number of nitrogens with one attached hydrogen (secondary N) is 2. The average molecular weight is 425 g/mol. The molecule has 1 aliphatic heterocycles. The first-order valence-corrected chi connectivity index (χ1v) is 10.3. The van der Waals surface area contributed by atoms with E-state index in [-0.39, 0.29) is 11.9 Å². The predicted octanol–water partition coefficient (Wildman–Crippen LogP) is 3.74. The van der Waals surface area contributed by atoms with Crippen LogP contribution in [0.5, 0.6) is 0 Å². The predicted molar refractivity (Wildman–Crippen MR) is 126 cm³/mol. The van der Waals surface area contributed by atoms with Gasteiger partial charge in [0.25, 0.3) is 11.9 Å². The number of aliphatic imine (C=N–C) groups is 2. The summed E-state index contributed by atoms with van der Waals surface area (Å²) in [5, 5.41) is 10.9. The second kappa shape index (κ2) is 9.70. The van der Waals surface area contributed by atoms with Crippen LogP contribution >= 0.6 is 0 Å². The maximum atomic E-state index is 12.8. The molecule has 4 rings (SSSR count). The summed E-state index contributed by atoms with van der Waals surface area (Å²) in [5.74, 6) is -0.453. The van der Waals surface area contributed by atoms with Gasteiger partial charge >= 0.3 is 0 Å². The normalized spacial score (nSPS) is 15.8. The van der Waals surface area contributed by atoms with Crippen LogP contribution < -0.4 is 11.1 Å². The quantitative estimate of drug-likeness (QED) is 0.427. The number of amidine groups is 1. The monoisotopic (exact) mass is 425 g/mol. The van der Waals surface area contributed by atoms with Crippen LogP contribution in [-0.2, 0) is 16.0 Å². The van der Waals surface area contributed by atoms with Gasteiger partial charge in [0.2, 0.25) is 6.17 Å². The highest BCUT2D eigenvalue weighted by atomic mass is 16.5. The third kappa shape index (κ3) is 5.07. The number of rotatable bonds is 5. The highest BCUT2D eigenvalue weighted by molar-refractivity contribution is 6.19. The Labute approximate surface area is 186 Å². The van der Waals surface area contributed by atoms with Crippen molar-refractivity contribution in [3.8, 4) is 0 Å². The first kappa shape index (κ1) is 21.0. The van der Waals surface area contributed by atoms with Crippen molar-refractivity contribution in [2.45, 2.75) is 19.0 Å². The summed E-state index contributed by atoms with van der Waals surface area (Å²) < 4.78 is 5.34. The lowest BCUT2D eigenvalue weighted by atomic mass is 10.0. The molecule has 7 heteroatoms. The molecule has 160 valence electrons. The van der Waals surface area contributed by atoms with Gasteiger partial charge in [-0.2, -0.15) is 4.99 Å². The van der Waals surface area contributed by atoms with E-state index in [1.165, 1.54) is 0 Å². The summed E-state index contributed by atoms with van der Waals surface area (Å²) in [6.07, 6.45) is -0.136. The molecule has 0 bridgehead atoms. The third-order valence-electron chi connectivity index (χ3n) is 4.93. The topological polar surface area (TPSA) is 113 Å². The lowest BCUT2D eigenvalue weighted by molar-refractivity contribution is -0.117. The van der Waals surface area contributed by atoms with E-state index in [2.05, 4.69) is 15.3 Å². The van der Waals surface area contributed by atoms with Gasteiger partial charge in [-0.05, 0) is 18.1 Å². The summed E-state index contributed by atoms with van der Waals surface area (Å²) in [5.41, 5.74) is 9.92. The second-order valence-electron chi connectivity index (χ2n) is 7.23. The maximum absolute atomic E-state index is 12.8. The molecule has 3 aromatic carbocycles. The zero-order valence-electron chi connectivity index (χ0n) is 17.4. The molecule has 1 aliphatic rings. The van der Waals surface area contributed by atoms with Crippen LogP contribution in [0.25, 0.3) is 0 Å². The van der Waals surface area contributed by atoms with Crippen molar-refractivity contribution in [2.24, 2.45) is 15.7 Å². The average Bonchev–Trinajstić information content (AvgIpc) is 2.95. The fourth-order valence-electron chi connectivity index (χ4n) is 3.39. The van der Waals surface area contributed by atoms with Gasteiger partial charge in [0.15, 0.2) is 5.90 Å². The minimum Gasteiger partial charge on any atom is -0.412 e. The molecule has 1 amide bonds. The van der Waals surface area contributed by atoms with Crippen molar-refractivity contribution in [1.29, 1.82) is 5.41 Å². The van der Waals surface area contributed by atoms with Crippen LogP contribution in [0, 0.1) is 5.41 Å². The van der Waals surface area contributed by atoms with Gasteiger partial charge < -0.3 is 15.8 Å². The SMILES string of the molecule is N=C(CCc1ccccc1)OC(N)=NC1N=C(c2ccccc2)c2ccccc2NC1=O. The molecule has 4 N–H and O–H groups in total. The molecule has 3 aromatic rings. The number of amides is 1. The number of anilines is 1. The van der Waals surface area contributed by atoms with Gasteiger partial charge in [0, 0.05) is 17.5 Å². The number of benzodiazepines with no additional fused rings is 1. The van der Waals surface area contributed by atoms with Gasteiger partial charge in [-0.1, -0.05) is 78.9 Å². The van der Waals surface area contributed by atoms with E-state index in [9.17, 15) is 4.79 Å². The van der Waals surface area contributed by atoms with E-state index >= 15 is 0 Å². The van der Waals surface area contributed by atoms with E-state index in [0.29, 0.717) is 24.2 Å². The number of para-hydroxylation sites is 1. The molecule has 0 saturated heterocycles. The van der Waals surface area contributed by atoms with Crippen LogP contribution in [0.4, 0.5) is 5.69 Å². The lowest BCUT2D eigenvalue weighted by Crippen LogP contribution is -2.29. The number of carbonyl (C=O) groups excluding carboxylic acids is 1. The molecule has 0 spiro atoms. The molecular formula is C25H23N5O2. The fraction of sp³-hybridized carbons (Fsp3) is 0.120. The Morgan fingerprint density at radius 1 is 1.00 bits per heavy atom. The summed E-state index contributed by atoms with van der Waals surface area (Å²) in [7, 11) is 0. The van der Waals surface area contributed by atoms with Crippen molar-refractivity contribution in [2.75, 3.05) is 5.32 Å². The number of carbonyl (C=O) groups is 1. The van der Waals surface area contributed by atoms with Gasteiger partial charge in [0.05, 0.1) is 11.4 Å². The number of aryl methyl sites for hydroxylation is 1. The summed E-state index contributed by atoms with van der Waals surface area (Å²) in [6, 6.07) is 26.5. The Kier molecular flexibility index (Phi) is 6.36. The molecule has 1 heterocycles. The van der Waals surface area contributed by atoms with E-state index in [4.69, 9.17) is 15.9 Å². The van der Waals surface area contributed by atoms with Crippen molar-refractivity contribution in [3.63, 3.8) is 0 Å². The standard InChI is InChI=1S/C25H23N5O2/c26-21(16-15-17-9-3-1-4-10-17)32-25(27)30-23-24(31)28-20-14-8-7-13-19(20)22(29-23)18-11-5-2-6-12-18/h1-14,23,26H,15-16H2,(H2,27,30)(H,28,31). The molecule has 1 atom stereocenters. The number of benzene rings is 3. The number of fused-ring (bicyclic) bond motifs is 1.